The van der Waals surface area contributed by atoms with Crippen LogP contribution in [0.2, 0.25) is 0 Å². The molecule has 4 heteroatoms. The number of fused-ring (bicyclic) bond motifs is 1. The molecule has 0 heterocycles. The molecule has 0 amide bonds. The molecule has 5 atom stereocenters. The van der Waals surface area contributed by atoms with Gasteiger partial charge in [0.1, 0.15) is 12.3 Å². The number of alkyl halides is 1. The Hall–Kier alpha value is -0.190. The van der Waals surface area contributed by atoms with E-state index in [9.17, 15) is 14.6 Å². The number of hydrogen-bond donors (Lipinski definition) is 3. The highest BCUT2D eigenvalue weighted by Gasteiger charge is 2.64. The molecule has 0 radical (unpaired) electrons. The van der Waals surface area contributed by atoms with E-state index >= 15 is 0 Å². The van der Waals surface area contributed by atoms with Crippen LogP contribution in [0.4, 0.5) is 4.39 Å². The lowest BCUT2D eigenvalue weighted by molar-refractivity contribution is -0.103. The molecule has 2 fully saturated rings. The minimum absolute atomic E-state index is 0.0656. The summed E-state index contributed by atoms with van der Waals surface area (Å²) < 4.78 is 12.9. The highest BCUT2D eigenvalue weighted by molar-refractivity contribution is 5.13. The van der Waals surface area contributed by atoms with E-state index < -0.39 is 23.8 Å². The van der Waals surface area contributed by atoms with Crippen LogP contribution in [-0.4, -0.2) is 40.3 Å². The first kappa shape index (κ1) is 8.41. The van der Waals surface area contributed by atoms with E-state index in [0.717, 1.165) is 0 Å². The van der Waals surface area contributed by atoms with Crippen molar-refractivity contribution >= 4 is 0 Å². The number of halogens is 1. The van der Waals surface area contributed by atoms with E-state index in [1.54, 1.807) is 0 Å². The van der Waals surface area contributed by atoms with Crippen molar-refractivity contribution in [1.82, 2.24) is 0 Å². The molecule has 2 aliphatic rings. The molecule has 0 aliphatic heterocycles. The van der Waals surface area contributed by atoms with E-state index in [0.29, 0.717) is 6.42 Å². The number of aliphatic hydroxyl groups excluding tert-OH is 3. The maximum atomic E-state index is 12.9. The van der Waals surface area contributed by atoms with Gasteiger partial charge in [-0.1, -0.05) is 0 Å². The van der Waals surface area contributed by atoms with Gasteiger partial charge in [0.05, 0.1) is 12.7 Å². The van der Waals surface area contributed by atoms with Gasteiger partial charge < -0.3 is 15.3 Å². The molecule has 2 rings (SSSR count). The van der Waals surface area contributed by atoms with Crippen molar-refractivity contribution in [2.45, 2.75) is 31.2 Å². The first-order valence-corrected chi connectivity index (χ1v) is 4.23. The van der Waals surface area contributed by atoms with Crippen LogP contribution >= 0.6 is 0 Å². The van der Waals surface area contributed by atoms with Gasteiger partial charge in [-0.3, -0.25) is 0 Å². The molecule has 0 spiro atoms. The predicted molar refractivity (Wildman–Crippen MR) is 39.2 cm³/mol. The third-order valence-electron chi connectivity index (χ3n) is 3.37. The van der Waals surface area contributed by atoms with Crippen molar-refractivity contribution in [2.75, 3.05) is 6.61 Å². The third kappa shape index (κ3) is 0.857. The average Bonchev–Trinajstić information content (AvgIpc) is 2.76. The highest BCUT2D eigenvalue weighted by atomic mass is 19.1. The summed E-state index contributed by atoms with van der Waals surface area (Å²) in [5, 5.41) is 27.6. The molecule has 3 N–H and O–H groups in total. The zero-order chi connectivity index (χ0) is 8.93. The first-order valence-electron chi connectivity index (χ1n) is 4.23. The van der Waals surface area contributed by atoms with E-state index in [1.807, 2.05) is 0 Å². The van der Waals surface area contributed by atoms with Gasteiger partial charge in [-0.05, 0) is 18.8 Å². The molecule has 0 bridgehead atoms. The van der Waals surface area contributed by atoms with Gasteiger partial charge in [0.25, 0.3) is 0 Å². The van der Waals surface area contributed by atoms with Crippen molar-refractivity contribution in [1.29, 1.82) is 0 Å². The van der Waals surface area contributed by atoms with Gasteiger partial charge in [-0.15, -0.1) is 0 Å². The van der Waals surface area contributed by atoms with Crippen LogP contribution in [0.1, 0.15) is 12.8 Å². The Kier molecular flexibility index (Phi) is 1.68. The Morgan fingerprint density at radius 2 is 2.08 bits per heavy atom. The molecule has 70 valence electrons. The molecule has 2 saturated carbocycles. The van der Waals surface area contributed by atoms with Crippen LogP contribution in [0.25, 0.3) is 0 Å². The zero-order valence-electron chi connectivity index (χ0n) is 6.65. The van der Waals surface area contributed by atoms with E-state index in [-0.39, 0.29) is 18.9 Å². The lowest BCUT2D eigenvalue weighted by atomic mass is 9.83. The smallest absolute Gasteiger partial charge is 0.129 e. The second-order valence-corrected chi connectivity index (χ2v) is 3.98. The fraction of sp³-hybridized carbons (Fsp3) is 1.00. The topological polar surface area (TPSA) is 60.7 Å². The van der Waals surface area contributed by atoms with Gasteiger partial charge in [-0.2, -0.15) is 0 Å². The molecule has 0 aromatic rings. The van der Waals surface area contributed by atoms with E-state index in [1.165, 1.54) is 0 Å². The van der Waals surface area contributed by atoms with Gasteiger partial charge in [0.2, 0.25) is 0 Å². The maximum Gasteiger partial charge on any atom is 0.129 e. The summed E-state index contributed by atoms with van der Waals surface area (Å²) in [6.07, 6.45) is -2.81. The lowest BCUT2D eigenvalue weighted by Crippen LogP contribution is -2.47. The second kappa shape index (κ2) is 2.40. The van der Waals surface area contributed by atoms with Crippen LogP contribution in [0, 0.1) is 11.3 Å². The van der Waals surface area contributed by atoms with Crippen LogP contribution in [0.15, 0.2) is 0 Å². The van der Waals surface area contributed by atoms with Crippen LogP contribution < -0.4 is 0 Å². The summed E-state index contributed by atoms with van der Waals surface area (Å²) in [7, 11) is 0. The lowest BCUT2D eigenvalue weighted by Gasteiger charge is -2.33. The summed E-state index contributed by atoms with van der Waals surface area (Å²) in [6, 6.07) is 0. The van der Waals surface area contributed by atoms with Crippen molar-refractivity contribution in [2.24, 2.45) is 11.3 Å². The Morgan fingerprint density at radius 3 is 2.67 bits per heavy atom. The van der Waals surface area contributed by atoms with Crippen molar-refractivity contribution in [3.05, 3.63) is 0 Å². The maximum absolute atomic E-state index is 12.9. The summed E-state index contributed by atoms with van der Waals surface area (Å²) in [6.45, 7) is -0.150. The molecule has 0 aromatic carbocycles. The Morgan fingerprint density at radius 1 is 1.42 bits per heavy atom. The molecular weight excluding hydrogens is 163 g/mol. The Bertz CT molecular complexity index is 199. The van der Waals surface area contributed by atoms with E-state index in [4.69, 9.17) is 5.11 Å². The van der Waals surface area contributed by atoms with Crippen molar-refractivity contribution in [3.8, 4) is 0 Å². The number of hydrogen-bond acceptors (Lipinski definition) is 3. The van der Waals surface area contributed by atoms with Crippen molar-refractivity contribution < 1.29 is 19.7 Å². The number of aliphatic hydroxyl groups is 3. The van der Waals surface area contributed by atoms with Crippen molar-refractivity contribution in [3.63, 3.8) is 0 Å². The summed E-state index contributed by atoms with van der Waals surface area (Å²) in [5.41, 5.74) is -0.581. The van der Waals surface area contributed by atoms with Gasteiger partial charge in [0, 0.05) is 5.41 Å². The quantitative estimate of drug-likeness (QED) is 0.502. The molecule has 2 aliphatic carbocycles. The first-order chi connectivity index (χ1) is 5.62. The minimum Gasteiger partial charge on any atom is -0.396 e. The molecule has 0 unspecified atom stereocenters. The summed E-state index contributed by atoms with van der Waals surface area (Å²) in [5.74, 6) is 0.0656. The summed E-state index contributed by atoms with van der Waals surface area (Å²) >= 11 is 0. The predicted octanol–water partition coefficient (Wildman–Crippen LogP) is -0.551. The largest absolute Gasteiger partial charge is 0.396 e. The molecule has 3 nitrogen and oxygen atoms in total. The highest BCUT2D eigenvalue weighted by Crippen LogP contribution is 2.61. The van der Waals surface area contributed by atoms with Gasteiger partial charge >= 0.3 is 0 Å². The SMILES string of the molecule is OC[C@@]12C[C@@H]1C[C@H](F)[C@@H](O)[C@H]2O. The molecule has 12 heavy (non-hydrogen) atoms. The second-order valence-electron chi connectivity index (χ2n) is 3.98. The monoisotopic (exact) mass is 176 g/mol. The standard InChI is InChI=1S/C8H13FO3/c9-5-1-4-2-8(4,3-10)7(12)6(5)11/h4-7,10-12H,1-3H2/t4-,5-,6+,7+,8-/m0/s1. The zero-order valence-corrected chi connectivity index (χ0v) is 6.65. The molecule has 0 saturated heterocycles. The minimum atomic E-state index is -1.33. The third-order valence-corrected chi connectivity index (χ3v) is 3.37. The van der Waals surface area contributed by atoms with Crippen LogP contribution in [0.3, 0.4) is 0 Å². The van der Waals surface area contributed by atoms with Gasteiger partial charge in [-0.25, -0.2) is 4.39 Å². The van der Waals surface area contributed by atoms with E-state index in [2.05, 4.69) is 0 Å². The van der Waals surface area contributed by atoms with Crippen LogP contribution in [-0.2, 0) is 0 Å². The van der Waals surface area contributed by atoms with Gasteiger partial charge in [0.15, 0.2) is 0 Å². The number of rotatable bonds is 1. The Labute approximate surface area is 69.8 Å². The fourth-order valence-electron chi connectivity index (χ4n) is 2.32. The molecular formula is C8H13FO3. The Balaban J connectivity index is 2.15. The molecule has 0 aromatic heterocycles. The summed E-state index contributed by atoms with van der Waals surface area (Å²) in [4.78, 5) is 0. The van der Waals surface area contributed by atoms with Crippen LogP contribution in [0.5, 0.6) is 0 Å². The normalized spacial score (nSPS) is 58.0. The average molecular weight is 176 g/mol. The fourth-order valence-corrected chi connectivity index (χ4v) is 2.32.